The normalized spacial score (nSPS) is 24.9. The van der Waals surface area contributed by atoms with Crippen molar-refractivity contribution in [1.82, 2.24) is 15.5 Å². The number of carbonyl (C=O) groups is 5. The van der Waals surface area contributed by atoms with E-state index < -0.39 is 35.1 Å². The fourth-order valence-electron chi connectivity index (χ4n) is 7.02. The van der Waals surface area contributed by atoms with E-state index in [1.807, 2.05) is 20.8 Å². The molecule has 5 atom stereocenters. The van der Waals surface area contributed by atoms with E-state index >= 15 is 0 Å². The number of rotatable bonds is 14. The second-order valence-electron chi connectivity index (χ2n) is 14.0. The van der Waals surface area contributed by atoms with Gasteiger partial charge in [0.2, 0.25) is 11.7 Å². The van der Waals surface area contributed by atoms with Gasteiger partial charge >= 0.3 is 6.03 Å². The minimum atomic E-state index is -0.736. The van der Waals surface area contributed by atoms with Crippen molar-refractivity contribution >= 4 is 29.3 Å². The predicted octanol–water partition coefficient (Wildman–Crippen LogP) is 5.16. The van der Waals surface area contributed by atoms with Crippen LogP contribution in [0.5, 0.6) is 0 Å². The zero-order chi connectivity index (χ0) is 30.5. The number of ketones is 3. The molecule has 2 saturated carbocycles. The number of allylic oxidation sites excluding steroid dienone is 2. The molecular formula is C33H51N3O5. The molecule has 1 aliphatic heterocycles. The minimum Gasteiger partial charge on any atom is -0.334 e. The Morgan fingerprint density at radius 1 is 1.00 bits per heavy atom. The van der Waals surface area contributed by atoms with Crippen LogP contribution >= 0.6 is 0 Å². The standard InChI is InChI=1S/C33H51N3O5/c1-8-10-15-22(29(39)24(37)18-11-9-2)19-25(38)28-26-23(33(26,6)7)20-36(28)30(40)27(21-16-13-12-14-17-21)34-31(41)35-32(3,4)5/h8-9,21-23,26-28H,1-2,10-20H2,3-7H3,(H2,34,35,41)/t22?,23-,26-,27-,28+/m0/s1. The number of nitrogens with one attached hydrogen (secondary N) is 2. The summed E-state index contributed by atoms with van der Waals surface area (Å²) in [6, 6.07) is -1.77. The minimum absolute atomic E-state index is 0.000908. The SMILES string of the molecule is C=CCCC(=O)C(=O)C(CCC=C)CC(=O)[C@@H]1[C@@H]2[C@H](CN1C(=O)[C@@H](NC(=O)NC(C)(C)C)C1CCCCC1)C2(C)C. The number of hydrogen-bond acceptors (Lipinski definition) is 5. The number of piperidine rings is 1. The van der Waals surface area contributed by atoms with Crippen molar-refractivity contribution in [2.24, 2.45) is 29.1 Å². The van der Waals surface area contributed by atoms with Crippen LogP contribution in [0.1, 0.15) is 98.8 Å². The Morgan fingerprint density at radius 2 is 1.63 bits per heavy atom. The van der Waals surface area contributed by atoms with Crippen LogP contribution in [0.3, 0.4) is 0 Å². The summed E-state index contributed by atoms with van der Waals surface area (Å²) in [5, 5.41) is 5.89. The van der Waals surface area contributed by atoms with Crippen LogP contribution in [0.25, 0.3) is 0 Å². The number of nitrogens with zero attached hydrogens (tertiary/aromatic N) is 1. The molecule has 8 heteroatoms. The highest BCUT2D eigenvalue weighted by molar-refractivity contribution is 6.38. The smallest absolute Gasteiger partial charge is 0.315 e. The first-order chi connectivity index (χ1) is 19.2. The van der Waals surface area contributed by atoms with Gasteiger partial charge < -0.3 is 15.5 Å². The van der Waals surface area contributed by atoms with Gasteiger partial charge in [0.1, 0.15) is 6.04 Å². The Balaban J connectivity index is 1.85. The Hall–Kier alpha value is -2.77. The van der Waals surface area contributed by atoms with Crippen LogP contribution in [0.4, 0.5) is 4.79 Å². The monoisotopic (exact) mass is 569 g/mol. The fraction of sp³-hybridized carbons (Fsp3) is 0.727. The molecule has 1 heterocycles. The topological polar surface area (TPSA) is 113 Å². The molecule has 0 spiro atoms. The molecular weight excluding hydrogens is 518 g/mol. The van der Waals surface area contributed by atoms with Gasteiger partial charge in [-0.1, -0.05) is 45.3 Å². The quantitative estimate of drug-likeness (QED) is 0.222. The summed E-state index contributed by atoms with van der Waals surface area (Å²) in [4.78, 5) is 68.5. The van der Waals surface area contributed by atoms with E-state index in [9.17, 15) is 24.0 Å². The van der Waals surface area contributed by atoms with Crippen LogP contribution in [0, 0.1) is 29.1 Å². The number of hydrogen-bond donors (Lipinski definition) is 2. The number of likely N-dealkylation sites (tertiary alicyclic amines) is 1. The molecule has 0 aromatic carbocycles. The molecule has 0 radical (unpaired) electrons. The molecule has 228 valence electrons. The van der Waals surface area contributed by atoms with Gasteiger partial charge in [-0.3, -0.25) is 19.2 Å². The third kappa shape index (κ3) is 7.95. The summed E-state index contributed by atoms with van der Waals surface area (Å²) in [7, 11) is 0. The van der Waals surface area contributed by atoms with Crippen molar-refractivity contribution in [2.75, 3.05) is 6.54 Å². The highest BCUT2D eigenvalue weighted by Gasteiger charge is 2.69. The van der Waals surface area contributed by atoms with E-state index in [0.29, 0.717) is 25.8 Å². The van der Waals surface area contributed by atoms with Gasteiger partial charge in [0.15, 0.2) is 11.6 Å². The molecule has 2 N–H and O–H groups in total. The Kier molecular flexibility index (Phi) is 10.8. The number of amides is 3. The molecule has 1 unspecified atom stereocenters. The van der Waals surface area contributed by atoms with E-state index in [1.165, 1.54) is 0 Å². The zero-order valence-electron chi connectivity index (χ0n) is 25.8. The maximum atomic E-state index is 14.2. The molecule has 0 aromatic heterocycles. The molecule has 0 bridgehead atoms. The Morgan fingerprint density at radius 3 is 2.22 bits per heavy atom. The summed E-state index contributed by atoms with van der Waals surface area (Å²) in [5.41, 5.74) is -0.549. The van der Waals surface area contributed by atoms with Crippen molar-refractivity contribution in [1.29, 1.82) is 0 Å². The number of Topliss-reactive ketones (excluding diaryl/α,β-unsaturated/α-hetero) is 3. The average molecular weight is 570 g/mol. The predicted molar refractivity (Wildman–Crippen MR) is 160 cm³/mol. The van der Waals surface area contributed by atoms with Crippen LogP contribution in [-0.4, -0.2) is 58.4 Å². The van der Waals surface area contributed by atoms with Gasteiger partial charge in [0, 0.05) is 30.8 Å². The molecule has 3 aliphatic rings. The van der Waals surface area contributed by atoms with Gasteiger partial charge in [-0.2, -0.15) is 0 Å². The van der Waals surface area contributed by atoms with Crippen molar-refractivity contribution in [3.63, 3.8) is 0 Å². The van der Waals surface area contributed by atoms with E-state index in [2.05, 4.69) is 37.6 Å². The second-order valence-corrected chi connectivity index (χ2v) is 14.0. The molecule has 2 aliphatic carbocycles. The third-order valence-corrected chi connectivity index (χ3v) is 9.37. The molecule has 3 rings (SSSR count). The lowest BCUT2D eigenvalue weighted by Gasteiger charge is -2.37. The maximum Gasteiger partial charge on any atom is 0.315 e. The largest absolute Gasteiger partial charge is 0.334 e. The van der Waals surface area contributed by atoms with E-state index in [1.54, 1.807) is 17.1 Å². The number of urea groups is 1. The maximum absolute atomic E-state index is 14.2. The summed E-state index contributed by atoms with van der Waals surface area (Å²) in [6.07, 6.45) is 9.40. The number of fused-ring (bicyclic) bond motifs is 1. The highest BCUT2D eigenvalue weighted by Crippen LogP contribution is 2.65. The summed E-state index contributed by atoms with van der Waals surface area (Å²) < 4.78 is 0. The molecule has 1 saturated heterocycles. The van der Waals surface area contributed by atoms with E-state index in [0.717, 1.165) is 32.1 Å². The first-order valence-electron chi connectivity index (χ1n) is 15.4. The van der Waals surface area contributed by atoms with Crippen molar-refractivity contribution in [3.05, 3.63) is 25.3 Å². The second kappa shape index (κ2) is 13.5. The van der Waals surface area contributed by atoms with Crippen molar-refractivity contribution in [3.8, 4) is 0 Å². The lowest BCUT2D eigenvalue weighted by atomic mass is 9.82. The Labute approximate surface area is 246 Å². The molecule has 41 heavy (non-hydrogen) atoms. The van der Waals surface area contributed by atoms with Crippen molar-refractivity contribution < 1.29 is 24.0 Å². The fourth-order valence-corrected chi connectivity index (χ4v) is 7.02. The summed E-state index contributed by atoms with van der Waals surface area (Å²) in [6.45, 7) is 17.7. The van der Waals surface area contributed by atoms with Gasteiger partial charge in [-0.15, -0.1) is 13.2 Å². The summed E-state index contributed by atoms with van der Waals surface area (Å²) >= 11 is 0. The van der Waals surface area contributed by atoms with Gasteiger partial charge in [0.25, 0.3) is 0 Å². The van der Waals surface area contributed by atoms with Gasteiger partial charge in [-0.25, -0.2) is 4.79 Å². The van der Waals surface area contributed by atoms with Crippen LogP contribution in [-0.2, 0) is 19.2 Å². The summed E-state index contributed by atoms with van der Waals surface area (Å²) in [5.74, 6) is -1.93. The van der Waals surface area contributed by atoms with Crippen LogP contribution in [0.15, 0.2) is 25.3 Å². The molecule has 8 nitrogen and oxygen atoms in total. The third-order valence-electron chi connectivity index (χ3n) is 9.37. The zero-order valence-corrected chi connectivity index (χ0v) is 25.8. The van der Waals surface area contributed by atoms with Gasteiger partial charge in [-0.05, 0) is 76.0 Å². The first kappa shape index (κ1) is 32.7. The lowest BCUT2D eigenvalue weighted by molar-refractivity contribution is -0.144. The first-order valence-corrected chi connectivity index (χ1v) is 15.4. The van der Waals surface area contributed by atoms with Crippen LogP contribution in [0.2, 0.25) is 0 Å². The van der Waals surface area contributed by atoms with Gasteiger partial charge in [0.05, 0.1) is 6.04 Å². The highest BCUT2D eigenvalue weighted by atomic mass is 16.2. The van der Waals surface area contributed by atoms with E-state index in [-0.39, 0.29) is 53.7 Å². The van der Waals surface area contributed by atoms with Crippen molar-refractivity contribution in [2.45, 2.75) is 116 Å². The molecule has 3 amide bonds. The number of carbonyl (C=O) groups excluding carboxylic acids is 5. The van der Waals surface area contributed by atoms with E-state index in [4.69, 9.17) is 0 Å². The molecule has 0 aromatic rings. The lowest BCUT2D eigenvalue weighted by Crippen LogP contribution is -2.59. The van der Waals surface area contributed by atoms with Crippen LogP contribution < -0.4 is 10.6 Å². The molecule has 3 fully saturated rings. The average Bonchev–Trinajstić information content (AvgIpc) is 3.23. The Bertz CT molecular complexity index is 1040.